The number of unbranched alkanes of at least 4 members (excludes halogenated alkanes) is 3. The van der Waals surface area contributed by atoms with Crippen molar-refractivity contribution in [2.75, 3.05) is 26.3 Å². The van der Waals surface area contributed by atoms with Crippen molar-refractivity contribution in [3.63, 3.8) is 0 Å². The van der Waals surface area contributed by atoms with E-state index >= 15 is 0 Å². The van der Waals surface area contributed by atoms with Gasteiger partial charge in [-0.2, -0.15) is 0 Å². The van der Waals surface area contributed by atoms with Crippen LogP contribution in [0.4, 0.5) is 0 Å². The highest BCUT2D eigenvalue weighted by Gasteiger charge is 2.19. The topological polar surface area (TPSA) is 41.5 Å². The van der Waals surface area contributed by atoms with Crippen molar-refractivity contribution in [3.05, 3.63) is 35.4 Å². The van der Waals surface area contributed by atoms with Crippen LogP contribution in [0.25, 0.3) is 0 Å². The first-order chi connectivity index (χ1) is 9.42. The van der Waals surface area contributed by atoms with Crippen molar-refractivity contribution in [2.45, 2.75) is 38.2 Å². The Bertz CT molecular complexity index is 368. The molecular weight excluding hydrogens is 238 g/mol. The molecule has 1 aliphatic rings. The highest BCUT2D eigenvalue weighted by Crippen LogP contribution is 2.26. The Kier molecular flexibility index (Phi) is 6.34. The molecule has 0 spiro atoms. The summed E-state index contributed by atoms with van der Waals surface area (Å²) in [6, 6.07) is 8.59. The average molecular weight is 263 g/mol. The summed E-state index contributed by atoms with van der Waals surface area (Å²) in [6.07, 6.45) is 5.67. The Balaban J connectivity index is 1.67. The molecule has 3 heteroatoms. The Labute approximate surface area is 116 Å². The predicted molar refractivity (Wildman–Crippen MR) is 77.3 cm³/mol. The fourth-order valence-electron chi connectivity index (χ4n) is 2.59. The van der Waals surface area contributed by atoms with Crippen LogP contribution in [-0.2, 0) is 11.2 Å². The Hall–Kier alpha value is -0.900. The van der Waals surface area contributed by atoms with E-state index < -0.39 is 0 Å². The summed E-state index contributed by atoms with van der Waals surface area (Å²) in [7, 11) is 0. The highest BCUT2D eigenvalue weighted by atomic mass is 16.5. The van der Waals surface area contributed by atoms with Gasteiger partial charge in [0.1, 0.15) is 0 Å². The van der Waals surface area contributed by atoms with Crippen LogP contribution in [0, 0.1) is 0 Å². The number of aliphatic hydroxyl groups excluding tert-OH is 1. The molecule has 0 radical (unpaired) electrons. The summed E-state index contributed by atoms with van der Waals surface area (Å²) >= 11 is 0. The van der Waals surface area contributed by atoms with Crippen molar-refractivity contribution >= 4 is 0 Å². The maximum absolute atomic E-state index is 8.70. The van der Waals surface area contributed by atoms with Crippen LogP contribution >= 0.6 is 0 Å². The van der Waals surface area contributed by atoms with E-state index in [4.69, 9.17) is 9.84 Å². The van der Waals surface area contributed by atoms with Gasteiger partial charge in [0, 0.05) is 13.2 Å². The summed E-state index contributed by atoms with van der Waals surface area (Å²) in [4.78, 5) is 0. The second-order valence-electron chi connectivity index (χ2n) is 5.15. The highest BCUT2D eigenvalue weighted by molar-refractivity contribution is 5.31. The van der Waals surface area contributed by atoms with Gasteiger partial charge in [-0.1, -0.05) is 37.1 Å². The third kappa shape index (κ3) is 4.60. The van der Waals surface area contributed by atoms with E-state index in [1.165, 1.54) is 24.0 Å². The van der Waals surface area contributed by atoms with Crippen molar-refractivity contribution < 1.29 is 9.84 Å². The summed E-state index contributed by atoms with van der Waals surface area (Å²) in [6.45, 7) is 3.09. The lowest BCUT2D eigenvalue weighted by atomic mass is 9.97. The Morgan fingerprint density at radius 2 is 2.00 bits per heavy atom. The van der Waals surface area contributed by atoms with E-state index in [9.17, 15) is 0 Å². The fourth-order valence-corrected chi connectivity index (χ4v) is 2.59. The molecule has 1 atom stereocenters. The molecule has 2 rings (SSSR count). The number of nitrogens with one attached hydrogen (secondary N) is 1. The molecule has 0 saturated heterocycles. The Morgan fingerprint density at radius 3 is 2.89 bits per heavy atom. The zero-order valence-electron chi connectivity index (χ0n) is 11.6. The molecule has 0 aliphatic carbocycles. The summed E-state index contributed by atoms with van der Waals surface area (Å²) in [5.41, 5.74) is 2.78. The van der Waals surface area contributed by atoms with Gasteiger partial charge in [-0.05, 0) is 36.9 Å². The molecule has 106 valence electrons. The molecule has 0 amide bonds. The zero-order chi connectivity index (χ0) is 13.3. The molecule has 3 nitrogen and oxygen atoms in total. The number of benzene rings is 1. The van der Waals surface area contributed by atoms with Gasteiger partial charge < -0.3 is 15.2 Å². The van der Waals surface area contributed by atoms with Gasteiger partial charge in [-0.3, -0.25) is 0 Å². The van der Waals surface area contributed by atoms with E-state index in [1.54, 1.807) is 0 Å². The SMILES string of the molecule is OCCCCCCNCC1OCCc2ccccc21. The summed E-state index contributed by atoms with van der Waals surface area (Å²) in [5, 5.41) is 12.2. The molecule has 0 bridgehead atoms. The average Bonchev–Trinajstić information content (AvgIpc) is 2.46. The first-order valence-electron chi connectivity index (χ1n) is 7.43. The van der Waals surface area contributed by atoms with Crippen LogP contribution in [0.5, 0.6) is 0 Å². The van der Waals surface area contributed by atoms with Crippen LogP contribution in [0.1, 0.15) is 42.9 Å². The van der Waals surface area contributed by atoms with Gasteiger partial charge in [0.25, 0.3) is 0 Å². The standard InChI is InChI=1S/C16H25NO2/c18-11-6-2-1-5-10-17-13-16-15-8-4-3-7-14(15)9-12-19-16/h3-4,7-8,16-18H,1-2,5-6,9-13H2. The minimum Gasteiger partial charge on any atom is -0.396 e. The first-order valence-corrected chi connectivity index (χ1v) is 7.43. The largest absolute Gasteiger partial charge is 0.396 e. The molecule has 1 unspecified atom stereocenters. The van der Waals surface area contributed by atoms with E-state index in [1.807, 2.05) is 0 Å². The lowest BCUT2D eigenvalue weighted by molar-refractivity contribution is 0.0426. The molecule has 2 N–H and O–H groups in total. The van der Waals surface area contributed by atoms with E-state index in [0.717, 1.165) is 39.0 Å². The first kappa shape index (κ1) is 14.5. The van der Waals surface area contributed by atoms with Gasteiger partial charge in [0.2, 0.25) is 0 Å². The van der Waals surface area contributed by atoms with Crippen molar-refractivity contribution in [3.8, 4) is 0 Å². The second kappa shape index (κ2) is 8.31. The van der Waals surface area contributed by atoms with Gasteiger partial charge in [-0.15, -0.1) is 0 Å². The van der Waals surface area contributed by atoms with Crippen LogP contribution in [0.3, 0.4) is 0 Å². The zero-order valence-corrected chi connectivity index (χ0v) is 11.6. The number of aliphatic hydroxyl groups is 1. The summed E-state index contributed by atoms with van der Waals surface area (Å²) < 4.78 is 5.85. The van der Waals surface area contributed by atoms with E-state index in [2.05, 4.69) is 29.6 Å². The minimum atomic E-state index is 0.211. The number of rotatable bonds is 8. The molecule has 0 aromatic heterocycles. The van der Waals surface area contributed by atoms with Crippen molar-refractivity contribution in [1.29, 1.82) is 0 Å². The number of fused-ring (bicyclic) bond motifs is 1. The van der Waals surface area contributed by atoms with Gasteiger partial charge in [-0.25, -0.2) is 0 Å². The Morgan fingerprint density at radius 1 is 1.16 bits per heavy atom. The second-order valence-corrected chi connectivity index (χ2v) is 5.15. The van der Waals surface area contributed by atoms with Gasteiger partial charge in [0.05, 0.1) is 12.7 Å². The predicted octanol–water partition coefficient (Wildman–Crippen LogP) is 2.44. The maximum atomic E-state index is 8.70. The molecule has 0 fully saturated rings. The number of hydrogen-bond acceptors (Lipinski definition) is 3. The smallest absolute Gasteiger partial charge is 0.0952 e. The summed E-state index contributed by atoms with van der Waals surface area (Å²) in [5.74, 6) is 0. The molecule has 1 aromatic rings. The molecule has 0 saturated carbocycles. The monoisotopic (exact) mass is 263 g/mol. The normalized spacial score (nSPS) is 18.3. The van der Waals surface area contributed by atoms with Crippen LogP contribution in [-0.4, -0.2) is 31.4 Å². The van der Waals surface area contributed by atoms with Crippen molar-refractivity contribution in [1.82, 2.24) is 5.32 Å². The molecule has 1 heterocycles. The number of ether oxygens (including phenoxy) is 1. The van der Waals surface area contributed by atoms with Gasteiger partial charge in [0.15, 0.2) is 0 Å². The van der Waals surface area contributed by atoms with Crippen LogP contribution in [0.15, 0.2) is 24.3 Å². The van der Waals surface area contributed by atoms with Crippen LogP contribution < -0.4 is 5.32 Å². The third-order valence-electron chi connectivity index (χ3n) is 3.68. The molecular formula is C16H25NO2. The molecule has 1 aliphatic heterocycles. The minimum absolute atomic E-state index is 0.211. The van der Waals surface area contributed by atoms with Crippen molar-refractivity contribution in [2.24, 2.45) is 0 Å². The molecule has 19 heavy (non-hydrogen) atoms. The maximum Gasteiger partial charge on any atom is 0.0952 e. The van der Waals surface area contributed by atoms with Gasteiger partial charge >= 0.3 is 0 Å². The third-order valence-corrected chi connectivity index (χ3v) is 3.68. The van der Waals surface area contributed by atoms with E-state index in [0.29, 0.717) is 6.61 Å². The lowest BCUT2D eigenvalue weighted by Crippen LogP contribution is -2.28. The molecule has 1 aromatic carbocycles. The van der Waals surface area contributed by atoms with E-state index in [-0.39, 0.29) is 6.10 Å². The van der Waals surface area contributed by atoms with Crippen LogP contribution in [0.2, 0.25) is 0 Å². The quantitative estimate of drug-likeness (QED) is 0.708. The number of hydrogen-bond donors (Lipinski definition) is 2. The fraction of sp³-hybridized carbons (Fsp3) is 0.625. The lowest BCUT2D eigenvalue weighted by Gasteiger charge is -2.26.